The minimum Gasteiger partial charge on any atom is -0.497 e. The smallest absolute Gasteiger partial charge is 0.268 e. The number of aldehydes is 1. The largest absolute Gasteiger partial charge is 0.497 e. The Hall–Kier alpha value is -3.38. The van der Waals surface area contributed by atoms with Crippen molar-refractivity contribution in [1.29, 1.82) is 0 Å². The van der Waals surface area contributed by atoms with Gasteiger partial charge in [-0.1, -0.05) is 36.4 Å². The molecule has 1 heterocycles. The minimum absolute atomic E-state index is 0.179. The number of hydrogen-bond acceptors (Lipinski definition) is 4. The fraction of sp³-hybridized carbons (Fsp3) is 0.0455. The van der Waals surface area contributed by atoms with Crippen LogP contribution in [0.1, 0.15) is 10.4 Å². The maximum absolute atomic E-state index is 13.5. The van der Waals surface area contributed by atoms with Crippen molar-refractivity contribution < 1.29 is 17.9 Å². The molecule has 0 spiro atoms. The molecule has 0 aliphatic rings. The average Bonchev–Trinajstić information content (AvgIpc) is 3.14. The summed E-state index contributed by atoms with van der Waals surface area (Å²) >= 11 is 0. The number of fused-ring (bicyclic) bond motifs is 1. The summed E-state index contributed by atoms with van der Waals surface area (Å²) in [5.41, 5.74) is 1.85. The maximum atomic E-state index is 13.5. The van der Waals surface area contributed by atoms with Crippen LogP contribution >= 0.6 is 0 Å². The summed E-state index contributed by atoms with van der Waals surface area (Å²) in [5, 5.41) is 0.768. The maximum Gasteiger partial charge on any atom is 0.268 e. The molecule has 0 saturated heterocycles. The minimum atomic E-state index is -3.87. The lowest BCUT2D eigenvalue weighted by molar-refractivity contribution is 0.112. The first-order chi connectivity index (χ1) is 13.6. The number of methoxy groups -OCH3 is 1. The molecule has 5 nitrogen and oxygen atoms in total. The summed E-state index contributed by atoms with van der Waals surface area (Å²) in [6, 6.07) is 22.3. The lowest BCUT2D eigenvalue weighted by Gasteiger charge is -2.14. The zero-order valence-electron chi connectivity index (χ0n) is 15.1. The number of carbonyl (C=O) groups excluding carboxylic acids is 1. The van der Waals surface area contributed by atoms with Crippen molar-refractivity contribution >= 4 is 27.2 Å². The summed E-state index contributed by atoms with van der Waals surface area (Å²) in [7, 11) is -2.36. The molecule has 0 aliphatic carbocycles. The summed E-state index contributed by atoms with van der Waals surface area (Å²) < 4.78 is 33.4. The summed E-state index contributed by atoms with van der Waals surface area (Å²) in [6.07, 6.45) is 0.703. The number of aromatic nitrogens is 1. The Bertz CT molecular complexity index is 1270. The molecule has 0 atom stereocenters. The van der Waals surface area contributed by atoms with Crippen molar-refractivity contribution in [1.82, 2.24) is 3.97 Å². The molecule has 0 amide bonds. The molecule has 6 heteroatoms. The fourth-order valence-electron chi connectivity index (χ4n) is 3.27. The second-order valence-corrected chi connectivity index (χ2v) is 8.03. The highest BCUT2D eigenvalue weighted by atomic mass is 32.2. The van der Waals surface area contributed by atoms with Gasteiger partial charge < -0.3 is 4.74 Å². The van der Waals surface area contributed by atoms with Gasteiger partial charge in [-0.25, -0.2) is 12.4 Å². The quantitative estimate of drug-likeness (QED) is 0.474. The Balaban J connectivity index is 2.07. The van der Waals surface area contributed by atoms with Crippen molar-refractivity contribution in [2.24, 2.45) is 0 Å². The van der Waals surface area contributed by atoms with Crippen LogP contribution < -0.4 is 4.74 Å². The fourth-order valence-corrected chi connectivity index (χ4v) is 4.82. The first-order valence-electron chi connectivity index (χ1n) is 8.61. The highest BCUT2D eigenvalue weighted by molar-refractivity contribution is 7.90. The van der Waals surface area contributed by atoms with E-state index in [2.05, 4.69) is 0 Å². The third-order valence-corrected chi connectivity index (χ3v) is 6.35. The molecule has 3 aromatic carbocycles. The number of nitrogens with zero attached hydrogens (tertiary/aromatic N) is 1. The van der Waals surface area contributed by atoms with Crippen LogP contribution in [0.25, 0.3) is 22.2 Å². The van der Waals surface area contributed by atoms with Gasteiger partial charge in [0.1, 0.15) is 5.75 Å². The van der Waals surface area contributed by atoms with Gasteiger partial charge >= 0.3 is 0 Å². The molecule has 0 fully saturated rings. The summed E-state index contributed by atoms with van der Waals surface area (Å²) in [6.45, 7) is 0. The topological polar surface area (TPSA) is 65.4 Å². The van der Waals surface area contributed by atoms with Crippen molar-refractivity contribution in [3.8, 4) is 17.0 Å². The Morgan fingerprint density at radius 3 is 2.32 bits per heavy atom. The van der Waals surface area contributed by atoms with Crippen molar-refractivity contribution in [2.45, 2.75) is 4.90 Å². The first-order valence-corrected chi connectivity index (χ1v) is 10.0. The van der Waals surface area contributed by atoms with Crippen LogP contribution in [0.2, 0.25) is 0 Å². The molecule has 0 saturated carbocycles. The molecule has 0 bridgehead atoms. The monoisotopic (exact) mass is 391 g/mol. The highest BCUT2D eigenvalue weighted by Crippen LogP contribution is 2.34. The summed E-state index contributed by atoms with van der Waals surface area (Å²) in [4.78, 5) is 11.9. The second kappa shape index (κ2) is 6.98. The Morgan fingerprint density at radius 1 is 0.893 bits per heavy atom. The third kappa shape index (κ3) is 2.88. The van der Waals surface area contributed by atoms with Gasteiger partial charge in [-0.15, -0.1) is 0 Å². The molecule has 0 N–H and O–H groups in total. The van der Waals surface area contributed by atoms with Gasteiger partial charge in [-0.3, -0.25) is 4.79 Å². The van der Waals surface area contributed by atoms with Crippen molar-refractivity contribution in [3.63, 3.8) is 0 Å². The standard InChI is InChI=1S/C22H17NO4S/c1-27-18-11-12-20(17(13-18)15-24)22-14-16-7-5-6-10-21(16)23(22)28(25,26)19-8-3-2-4-9-19/h2-15H,1H3. The predicted molar refractivity (Wildman–Crippen MR) is 108 cm³/mol. The van der Waals surface area contributed by atoms with Crippen LogP contribution in [0.3, 0.4) is 0 Å². The number of hydrogen-bond donors (Lipinski definition) is 0. The van der Waals surface area contributed by atoms with Crippen LogP contribution in [-0.4, -0.2) is 25.8 Å². The number of rotatable bonds is 5. The molecule has 140 valence electrons. The van der Waals surface area contributed by atoms with E-state index in [1.807, 2.05) is 12.1 Å². The van der Waals surface area contributed by atoms with E-state index in [1.165, 1.54) is 11.1 Å². The highest BCUT2D eigenvalue weighted by Gasteiger charge is 2.24. The van der Waals surface area contributed by atoms with Gasteiger partial charge in [0.25, 0.3) is 10.0 Å². The second-order valence-electron chi connectivity index (χ2n) is 6.24. The van der Waals surface area contributed by atoms with Crippen LogP contribution in [0, 0.1) is 0 Å². The number of benzene rings is 3. The average molecular weight is 391 g/mol. The van der Waals surface area contributed by atoms with Gasteiger partial charge in [0.05, 0.1) is 23.2 Å². The molecular formula is C22H17NO4S. The molecule has 0 aliphatic heterocycles. The van der Waals surface area contributed by atoms with Gasteiger partial charge in [-0.2, -0.15) is 0 Å². The van der Waals surface area contributed by atoms with Crippen LogP contribution in [0.4, 0.5) is 0 Å². The van der Waals surface area contributed by atoms with E-state index < -0.39 is 10.0 Å². The molecule has 4 rings (SSSR count). The lowest BCUT2D eigenvalue weighted by atomic mass is 10.1. The van der Waals surface area contributed by atoms with Crippen LogP contribution in [0.15, 0.2) is 83.8 Å². The summed E-state index contributed by atoms with van der Waals surface area (Å²) in [5.74, 6) is 0.527. The van der Waals surface area contributed by atoms with Gasteiger partial charge in [0, 0.05) is 16.5 Å². The van der Waals surface area contributed by atoms with E-state index >= 15 is 0 Å². The zero-order chi connectivity index (χ0) is 19.7. The molecule has 0 unspecified atom stereocenters. The van der Waals surface area contributed by atoms with Gasteiger partial charge in [-0.05, 0) is 42.5 Å². The van der Waals surface area contributed by atoms with Gasteiger partial charge in [0.2, 0.25) is 0 Å². The Labute approximate surface area is 162 Å². The van der Waals surface area contributed by atoms with Crippen LogP contribution in [0.5, 0.6) is 5.75 Å². The first kappa shape index (κ1) is 18.0. The molecule has 4 aromatic rings. The molecule has 0 radical (unpaired) electrons. The van der Waals surface area contributed by atoms with E-state index in [0.29, 0.717) is 34.4 Å². The number of ether oxygens (including phenoxy) is 1. The van der Waals surface area contributed by atoms with E-state index in [9.17, 15) is 13.2 Å². The van der Waals surface area contributed by atoms with Crippen molar-refractivity contribution in [2.75, 3.05) is 7.11 Å². The van der Waals surface area contributed by atoms with E-state index in [-0.39, 0.29) is 4.90 Å². The Morgan fingerprint density at radius 2 is 1.61 bits per heavy atom. The lowest BCUT2D eigenvalue weighted by Crippen LogP contribution is -2.14. The third-order valence-electron chi connectivity index (χ3n) is 4.61. The SMILES string of the molecule is COc1ccc(-c2cc3ccccc3n2S(=O)(=O)c2ccccc2)c(C=O)c1. The predicted octanol–water partition coefficient (Wildman–Crippen LogP) is 4.37. The number of para-hydroxylation sites is 1. The zero-order valence-corrected chi connectivity index (χ0v) is 15.9. The van der Waals surface area contributed by atoms with E-state index in [1.54, 1.807) is 66.7 Å². The van der Waals surface area contributed by atoms with Crippen LogP contribution in [-0.2, 0) is 10.0 Å². The van der Waals surface area contributed by atoms with E-state index in [0.717, 1.165) is 5.39 Å². The van der Waals surface area contributed by atoms with Gasteiger partial charge in [0.15, 0.2) is 6.29 Å². The molecule has 28 heavy (non-hydrogen) atoms. The Kier molecular flexibility index (Phi) is 4.49. The normalized spacial score (nSPS) is 11.5. The van der Waals surface area contributed by atoms with Crippen molar-refractivity contribution in [3.05, 3.63) is 84.4 Å². The molecular weight excluding hydrogens is 374 g/mol. The number of carbonyl (C=O) groups is 1. The molecule has 1 aromatic heterocycles. The van der Waals surface area contributed by atoms with E-state index in [4.69, 9.17) is 4.74 Å².